The van der Waals surface area contributed by atoms with Crippen LogP contribution in [0.1, 0.15) is 12.5 Å². The number of thiocarbonyl (C=S) groups is 1. The first-order chi connectivity index (χ1) is 12.1. The molecular weight excluding hydrogens is 332 g/mol. The highest BCUT2D eigenvalue weighted by Gasteiger charge is 2.06. The number of ether oxygens (including phenoxy) is 2. The molecule has 0 aliphatic carbocycles. The molecular formula is C20H24N2O2S. The number of hydrogen-bond donors (Lipinski definition) is 1. The fourth-order valence-corrected chi connectivity index (χ4v) is 2.39. The summed E-state index contributed by atoms with van der Waals surface area (Å²) in [5.41, 5.74) is 2.10. The maximum absolute atomic E-state index is 5.49. The van der Waals surface area contributed by atoms with Crippen molar-refractivity contribution in [3.05, 3.63) is 66.7 Å². The molecule has 2 rings (SSSR count). The fraction of sp³-hybridized carbons (Fsp3) is 0.250. The lowest BCUT2D eigenvalue weighted by Crippen LogP contribution is -2.30. The predicted octanol–water partition coefficient (Wildman–Crippen LogP) is 4.48. The van der Waals surface area contributed by atoms with E-state index in [4.69, 9.17) is 21.7 Å². The van der Waals surface area contributed by atoms with E-state index in [1.165, 1.54) is 0 Å². The largest absolute Gasteiger partial charge is 0.494 e. The molecule has 0 heterocycles. The van der Waals surface area contributed by atoms with Gasteiger partial charge in [0.05, 0.1) is 6.61 Å². The lowest BCUT2D eigenvalue weighted by Gasteiger charge is -2.21. The van der Waals surface area contributed by atoms with Crippen LogP contribution in [0.5, 0.6) is 11.5 Å². The summed E-state index contributed by atoms with van der Waals surface area (Å²) in [4.78, 5) is 1.99. The van der Waals surface area contributed by atoms with Crippen molar-refractivity contribution >= 4 is 23.0 Å². The summed E-state index contributed by atoms with van der Waals surface area (Å²) in [5.74, 6) is 1.69. The summed E-state index contributed by atoms with van der Waals surface area (Å²) in [7, 11) is 1.96. The van der Waals surface area contributed by atoms with Crippen LogP contribution in [0.25, 0.3) is 0 Å². The standard InChI is InChI=1S/C20H24N2O2S/c1-4-14-24-19-10-6-16(7-11-19)15-22(3)20(25)21-17-8-12-18(13-9-17)23-5-2/h4,6-13H,1,5,14-15H2,2-3H3,(H,21,25). The van der Waals surface area contributed by atoms with Crippen molar-refractivity contribution < 1.29 is 9.47 Å². The van der Waals surface area contributed by atoms with Gasteiger partial charge in [0.1, 0.15) is 18.1 Å². The maximum atomic E-state index is 5.49. The molecule has 0 unspecified atom stereocenters. The third kappa shape index (κ3) is 6.12. The van der Waals surface area contributed by atoms with Gasteiger partial charge >= 0.3 is 0 Å². The van der Waals surface area contributed by atoms with Crippen LogP contribution in [0.2, 0.25) is 0 Å². The molecule has 0 fully saturated rings. The Hall–Kier alpha value is -2.53. The Kier molecular flexibility index (Phi) is 7.29. The van der Waals surface area contributed by atoms with Crippen molar-refractivity contribution in [3.63, 3.8) is 0 Å². The van der Waals surface area contributed by atoms with E-state index in [9.17, 15) is 0 Å². The molecule has 0 radical (unpaired) electrons. The molecule has 0 saturated heterocycles. The first kappa shape index (κ1) is 18.8. The molecule has 1 N–H and O–H groups in total. The van der Waals surface area contributed by atoms with E-state index >= 15 is 0 Å². The van der Waals surface area contributed by atoms with Gasteiger partial charge in [0.2, 0.25) is 0 Å². The molecule has 0 saturated carbocycles. The minimum Gasteiger partial charge on any atom is -0.494 e. The van der Waals surface area contributed by atoms with Crippen LogP contribution >= 0.6 is 12.2 Å². The van der Waals surface area contributed by atoms with Gasteiger partial charge in [-0.1, -0.05) is 24.8 Å². The van der Waals surface area contributed by atoms with Crippen LogP contribution in [0, 0.1) is 0 Å². The molecule has 0 bridgehead atoms. The molecule has 0 aliphatic rings. The maximum Gasteiger partial charge on any atom is 0.173 e. The van der Waals surface area contributed by atoms with E-state index in [1.54, 1.807) is 6.08 Å². The van der Waals surface area contributed by atoms with Crippen molar-refractivity contribution in [1.82, 2.24) is 4.90 Å². The molecule has 0 aromatic heterocycles. The van der Waals surface area contributed by atoms with Crippen LogP contribution in [-0.4, -0.2) is 30.3 Å². The summed E-state index contributed by atoms with van der Waals surface area (Å²) in [5, 5.41) is 3.90. The topological polar surface area (TPSA) is 33.7 Å². The second-order valence-corrected chi connectivity index (χ2v) is 5.87. The van der Waals surface area contributed by atoms with Gasteiger partial charge in [-0.25, -0.2) is 0 Å². The van der Waals surface area contributed by atoms with Gasteiger partial charge in [-0.2, -0.15) is 0 Å². The van der Waals surface area contributed by atoms with Crippen LogP contribution in [0.15, 0.2) is 61.2 Å². The minimum atomic E-state index is 0.509. The van der Waals surface area contributed by atoms with Gasteiger partial charge in [-0.05, 0) is 61.1 Å². The van der Waals surface area contributed by atoms with Crippen molar-refractivity contribution in [3.8, 4) is 11.5 Å². The minimum absolute atomic E-state index is 0.509. The summed E-state index contributed by atoms with van der Waals surface area (Å²) in [6.45, 7) is 7.49. The van der Waals surface area contributed by atoms with Gasteiger partial charge in [0, 0.05) is 19.3 Å². The molecule has 5 heteroatoms. The number of nitrogens with zero attached hydrogens (tertiary/aromatic N) is 1. The Balaban J connectivity index is 1.87. The Morgan fingerprint density at radius 3 is 2.28 bits per heavy atom. The number of nitrogens with one attached hydrogen (secondary N) is 1. The first-order valence-electron chi connectivity index (χ1n) is 8.20. The molecule has 2 aromatic carbocycles. The zero-order valence-electron chi connectivity index (χ0n) is 14.7. The normalized spacial score (nSPS) is 10.0. The van der Waals surface area contributed by atoms with Crippen molar-refractivity contribution in [2.75, 3.05) is 25.6 Å². The third-order valence-corrected chi connectivity index (χ3v) is 3.89. The van der Waals surface area contributed by atoms with Gasteiger partial charge in [0.15, 0.2) is 5.11 Å². The molecule has 25 heavy (non-hydrogen) atoms. The first-order valence-corrected chi connectivity index (χ1v) is 8.60. The quantitative estimate of drug-likeness (QED) is 0.557. The third-order valence-electron chi connectivity index (χ3n) is 3.47. The zero-order valence-corrected chi connectivity index (χ0v) is 15.5. The zero-order chi connectivity index (χ0) is 18.1. The predicted molar refractivity (Wildman–Crippen MR) is 107 cm³/mol. The van der Waals surface area contributed by atoms with Gasteiger partial charge in [-0.3, -0.25) is 0 Å². The van der Waals surface area contributed by atoms with Crippen LogP contribution < -0.4 is 14.8 Å². The van der Waals surface area contributed by atoms with E-state index in [-0.39, 0.29) is 0 Å². The smallest absolute Gasteiger partial charge is 0.173 e. The van der Waals surface area contributed by atoms with Gasteiger partial charge in [0.25, 0.3) is 0 Å². The highest BCUT2D eigenvalue weighted by molar-refractivity contribution is 7.80. The van der Waals surface area contributed by atoms with E-state index in [1.807, 2.05) is 67.4 Å². The molecule has 4 nitrogen and oxygen atoms in total. The molecule has 2 aromatic rings. The SMILES string of the molecule is C=CCOc1ccc(CN(C)C(=S)Nc2ccc(OCC)cc2)cc1. The van der Waals surface area contributed by atoms with Crippen molar-refractivity contribution in [2.24, 2.45) is 0 Å². The molecule has 0 aliphatic heterocycles. The summed E-state index contributed by atoms with van der Waals surface area (Å²) in [6, 6.07) is 15.7. The molecule has 0 spiro atoms. The number of benzene rings is 2. The van der Waals surface area contributed by atoms with Gasteiger partial charge in [-0.15, -0.1) is 0 Å². The fourth-order valence-electron chi connectivity index (χ4n) is 2.21. The van der Waals surface area contributed by atoms with Crippen molar-refractivity contribution in [2.45, 2.75) is 13.5 Å². The molecule has 0 amide bonds. The summed E-state index contributed by atoms with van der Waals surface area (Å²) < 4.78 is 10.9. The second-order valence-electron chi connectivity index (χ2n) is 5.49. The molecule has 0 atom stereocenters. The summed E-state index contributed by atoms with van der Waals surface area (Å²) in [6.07, 6.45) is 1.73. The van der Waals surface area contributed by atoms with Crippen molar-refractivity contribution in [1.29, 1.82) is 0 Å². The number of rotatable bonds is 8. The van der Waals surface area contributed by atoms with E-state index in [2.05, 4.69) is 11.9 Å². The van der Waals surface area contributed by atoms with E-state index < -0.39 is 0 Å². The van der Waals surface area contributed by atoms with Crippen LogP contribution in [0.3, 0.4) is 0 Å². The Morgan fingerprint density at radius 1 is 1.08 bits per heavy atom. The monoisotopic (exact) mass is 356 g/mol. The summed E-state index contributed by atoms with van der Waals surface area (Å²) >= 11 is 5.47. The van der Waals surface area contributed by atoms with Crippen LogP contribution in [0.4, 0.5) is 5.69 Å². The lowest BCUT2D eigenvalue weighted by atomic mass is 10.2. The van der Waals surface area contributed by atoms with E-state index in [0.717, 1.165) is 22.7 Å². The number of anilines is 1. The van der Waals surface area contributed by atoms with E-state index in [0.29, 0.717) is 24.9 Å². The lowest BCUT2D eigenvalue weighted by molar-refractivity contribution is 0.340. The Labute approximate surface area is 155 Å². The van der Waals surface area contributed by atoms with Gasteiger partial charge < -0.3 is 19.7 Å². The Morgan fingerprint density at radius 2 is 1.68 bits per heavy atom. The van der Waals surface area contributed by atoms with Crippen LogP contribution in [-0.2, 0) is 6.54 Å². The highest BCUT2D eigenvalue weighted by atomic mass is 32.1. The Bertz CT molecular complexity index is 684. The average molecular weight is 356 g/mol. The molecule has 132 valence electrons. The highest BCUT2D eigenvalue weighted by Crippen LogP contribution is 2.17. The number of hydrogen-bond acceptors (Lipinski definition) is 3. The average Bonchev–Trinajstić information content (AvgIpc) is 2.63. The second kappa shape index (κ2) is 9.69.